The molecule has 0 spiro atoms. The van der Waals surface area contributed by atoms with Crippen LogP contribution in [0.15, 0.2) is 24.3 Å². The molecule has 1 fully saturated rings. The molecular weight excluding hydrogens is 415 g/mol. The second-order valence-electron chi connectivity index (χ2n) is 6.54. The number of rotatable bonds is 10. The van der Waals surface area contributed by atoms with Crippen LogP contribution in [0.4, 0.5) is 30.7 Å². The zero-order valence-electron chi connectivity index (χ0n) is 14.8. The molecule has 1 aliphatic carbocycles. The highest BCUT2D eigenvalue weighted by Gasteiger charge is 2.67. The van der Waals surface area contributed by atoms with E-state index in [1.54, 1.807) is 0 Å². The van der Waals surface area contributed by atoms with Crippen LogP contribution in [0.1, 0.15) is 30.9 Å². The number of hydrogen-bond donors (Lipinski definition) is 2. The molecule has 1 aromatic carbocycles. The zero-order valence-corrected chi connectivity index (χ0v) is 14.8. The Kier molecular flexibility index (Phi) is 7.33. The number of halogens is 7. The Morgan fingerprint density at radius 1 is 1.17 bits per heavy atom. The molecule has 0 aliphatic heterocycles. The van der Waals surface area contributed by atoms with E-state index < -0.39 is 55.9 Å². The number of nitrogens with one attached hydrogen (secondary N) is 1. The maximum atomic E-state index is 13.0. The van der Waals surface area contributed by atoms with Gasteiger partial charge in [0.05, 0.1) is 30.6 Å². The molecule has 5 nitrogen and oxygen atoms in total. The van der Waals surface area contributed by atoms with Gasteiger partial charge in [0.1, 0.15) is 5.75 Å². The predicted molar refractivity (Wildman–Crippen MR) is 84.3 cm³/mol. The Morgan fingerprint density at radius 2 is 1.83 bits per heavy atom. The monoisotopic (exact) mass is 433 g/mol. The van der Waals surface area contributed by atoms with Gasteiger partial charge in [0.25, 0.3) is 0 Å². The number of ether oxygens (including phenoxy) is 2. The lowest BCUT2D eigenvalue weighted by Crippen LogP contribution is -2.41. The fraction of sp³-hybridized carbons (Fsp3) is 0.588. The molecule has 1 amide bonds. The molecule has 1 aliphatic rings. The van der Waals surface area contributed by atoms with Crippen molar-refractivity contribution in [1.29, 1.82) is 0 Å². The number of amides is 1. The van der Waals surface area contributed by atoms with E-state index in [2.05, 4.69) is 14.8 Å². The Labute approximate surface area is 160 Å². The van der Waals surface area contributed by atoms with Crippen LogP contribution in [-0.2, 0) is 9.53 Å². The number of aliphatic hydroxyl groups excluding tert-OH is 1. The lowest BCUT2D eigenvalue weighted by Gasteiger charge is -2.26. The van der Waals surface area contributed by atoms with E-state index >= 15 is 0 Å². The molecule has 0 saturated heterocycles. The molecule has 0 radical (unpaired) electrons. The van der Waals surface area contributed by atoms with Gasteiger partial charge in [-0.3, -0.25) is 4.79 Å². The first kappa shape index (κ1) is 23.2. The third-order valence-electron chi connectivity index (χ3n) is 4.58. The van der Waals surface area contributed by atoms with E-state index in [4.69, 9.17) is 0 Å². The first-order chi connectivity index (χ1) is 13.4. The topological polar surface area (TPSA) is 67.8 Å². The van der Waals surface area contributed by atoms with Gasteiger partial charge in [0.2, 0.25) is 5.91 Å². The second kappa shape index (κ2) is 9.16. The quantitative estimate of drug-likeness (QED) is 0.552. The van der Waals surface area contributed by atoms with E-state index in [1.807, 2.05) is 0 Å². The van der Waals surface area contributed by atoms with Crippen LogP contribution >= 0.6 is 0 Å². The van der Waals surface area contributed by atoms with Gasteiger partial charge in [-0.25, -0.2) is 0 Å². The largest absolute Gasteiger partial charge is 0.435 e. The highest BCUT2D eigenvalue weighted by molar-refractivity contribution is 5.77. The van der Waals surface area contributed by atoms with E-state index in [1.165, 1.54) is 12.1 Å². The number of carbonyl (C=O) groups excluding carboxylic acids is 1. The van der Waals surface area contributed by atoms with Crippen LogP contribution in [0.3, 0.4) is 0 Å². The number of hydrogen-bond acceptors (Lipinski definition) is 4. The molecule has 1 aromatic rings. The summed E-state index contributed by atoms with van der Waals surface area (Å²) in [6, 6.07) is 3.46. The standard InChI is InChI=1S/C17H18F7NO4/c18-14(19)28-8-11(9-2-1-3-10(6-9)29-15(20)21)25-13(27)7-12(26)16(4-5-16)17(22,23)24/h1-3,6,11-12,14-15,26H,4-5,7-8H2,(H,25,27)/t11-,12?/m0/s1. The minimum absolute atomic E-state index is 0.0450. The number of alkyl halides is 7. The second-order valence-corrected chi connectivity index (χ2v) is 6.54. The molecule has 1 unspecified atom stereocenters. The van der Waals surface area contributed by atoms with Gasteiger partial charge in [0.15, 0.2) is 0 Å². The maximum absolute atomic E-state index is 13.0. The summed E-state index contributed by atoms with van der Waals surface area (Å²) in [5.41, 5.74) is -2.31. The molecule has 164 valence electrons. The first-order valence-electron chi connectivity index (χ1n) is 8.43. The fourth-order valence-electron chi connectivity index (χ4n) is 2.86. The van der Waals surface area contributed by atoms with Gasteiger partial charge >= 0.3 is 19.4 Å². The summed E-state index contributed by atoms with van der Waals surface area (Å²) in [6.45, 7) is -7.15. The van der Waals surface area contributed by atoms with Gasteiger partial charge in [-0.05, 0) is 30.5 Å². The summed E-state index contributed by atoms with van der Waals surface area (Å²) >= 11 is 0. The molecule has 2 rings (SSSR count). The summed E-state index contributed by atoms with van der Waals surface area (Å²) < 4.78 is 96.8. The number of carbonyl (C=O) groups is 1. The smallest absolute Gasteiger partial charge is 0.396 e. The van der Waals surface area contributed by atoms with Crippen LogP contribution in [0.25, 0.3) is 0 Å². The Morgan fingerprint density at radius 3 is 2.34 bits per heavy atom. The van der Waals surface area contributed by atoms with E-state index in [-0.39, 0.29) is 24.2 Å². The van der Waals surface area contributed by atoms with Gasteiger partial charge in [0, 0.05) is 0 Å². The molecule has 2 atom stereocenters. The number of benzene rings is 1. The lowest BCUT2D eigenvalue weighted by molar-refractivity contribution is -0.214. The molecule has 12 heteroatoms. The minimum atomic E-state index is -4.69. The van der Waals surface area contributed by atoms with Gasteiger partial charge < -0.3 is 19.9 Å². The van der Waals surface area contributed by atoms with Crippen LogP contribution in [0.5, 0.6) is 5.75 Å². The highest BCUT2D eigenvalue weighted by atomic mass is 19.4. The van der Waals surface area contributed by atoms with Crippen molar-refractivity contribution < 1.29 is 50.1 Å². The third-order valence-corrected chi connectivity index (χ3v) is 4.58. The zero-order chi connectivity index (χ0) is 21.8. The molecule has 2 N–H and O–H groups in total. The summed E-state index contributed by atoms with van der Waals surface area (Å²) in [5, 5.41) is 12.0. The maximum Gasteiger partial charge on any atom is 0.396 e. The van der Waals surface area contributed by atoms with Crippen molar-refractivity contribution in [3.63, 3.8) is 0 Å². The third kappa shape index (κ3) is 6.20. The number of aliphatic hydroxyl groups is 1. The van der Waals surface area contributed by atoms with Gasteiger partial charge in [-0.1, -0.05) is 12.1 Å². The average molecular weight is 433 g/mol. The highest BCUT2D eigenvalue weighted by Crippen LogP contribution is 2.60. The molecular formula is C17H18F7NO4. The van der Waals surface area contributed by atoms with E-state index in [9.17, 15) is 40.6 Å². The van der Waals surface area contributed by atoms with Crippen LogP contribution in [0, 0.1) is 5.41 Å². The molecule has 29 heavy (non-hydrogen) atoms. The van der Waals surface area contributed by atoms with Crippen molar-refractivity contribution in [2.45, 2.75) is 50.8 Å². The van der Waals surface area contributed by atoms with Crippen molar-refractivity contribution in [2.24, 2.45) is 5.41 Å². The van der Waals surface area contributed by atoms with Crippen molar-refractivity contribution in [2.75, 3.05) is 6.61 Å². The molecule has 0 bridgehead atoms. The summed E-state index contributed by atoms with van der Waals surface area (Å²) in [7, 11) is 0. The Bertz CT molecular complexity index is 695. The Balaban J connectivity index is 2.09. The van der Waals surface area contributed by atoms with E-state index in [0.717, 1.165) is 12.1 Å². The minimum Gasteiger partial charge on any atom is -0.435 e. The SMILES string of the molecule is O=C(CC(O)C1(C(F)(F)F)CC1)N[C@@H](COC(F)F)c1cccc(OC(F)F)c1. The van der Waals surface area contributed by atoms with Crippen LogP contribution in [0.2, 0.25) is 0 Å². The normalized spacial score (nSPS) is 17.9. The average Bonchev–Trinajstić information content (AvgIpc) is 3.39. The van der Waals surface area contributed by atoms with Crippen molar-refractivity contribution in [3.05, 3.63) is 29.8 Å². The van der Waals surface area contributed by atoms with Gasteiger partial charge in [-0.2, -0.15) is 30.7 Å². The van der Waals surface area contributed by atoms with Crippen molar-refractivity contribution in [1.82, 2.24) is 5.32 Å². The molecule has 0 heterocycles. The van der Waals surface area contributed by atoms with Crippen LogP contribution < -0.4 is 10.1 Å². The summed E-state index contributed by atoms with van der Waals surface area (Å²) in [6.07, 6.45) is -8.26. The van der Waals surface area contributed by atoms with Crippen molar-refractivity contribution in [3.8, 4) is 5.75 Å². The summed E-state index contributed by atoms with van der Waals surface area (Å²) in [5.74, 6) is -1.36. The predicted octanol–water partition coefficient (Wildman–Crippen LogP) is 3.78. The summed E-state index contributed by atoms with van der Waals surface area (Å²) in [4.78, 5) is 12.1. The van der Waals surface area contributed by atoms with E-state index in [0.29, 0.717) is 0 Å². The van der Waals surface area contributed by atoms with Crippen LogP contribution in [-0.4, -0.2) is 43.1 Å². The van der Waals surface area contributed by atoms with Gasteiger partial charge in [-0.15, -0.1) is 0 Å². The van der Waals surface area contributed by atoms with Crippen molar-refractivity contribution >= 4 is 5.91 Å². The first-order valence-corrected chi connectivity index (χ1v) is 8.43. The fourth-order valence-corrected chi connectivity index (χ4v) is 2.86. The molecule has 1 saturated carbocycles. The Hall–Kier alpha value is -2.08. The lowest BCUT2D eigenvalue weighted by atomic mass is 9.95. The molecule has 0 aromatic heterocycles.